The second kappa shape index (κ2) is 5.08. The third-order valence-electron chi connectivity index (χ3n) is 2.98. The summed E-state index contributed by atoms with van der Waals surface area (Å²) in [5.41, 5.74) is 0.507. The first-order chi connectivity index (χ1) is 7.76. The van der Waals surface area contributed by atoms with E-state index in [9.17, 15) is 4.39 Å². The van der Waals surface area contributed by atoms with Crippen molar-refractivity contribution in [3.05, 3.63) is 17.8 Å². The van der Waals surface area contributed by atoms with Crippen LogP contribution in [0.15, 0.2) is 6.33 Å². The molecule has 0 radical (unpaired) electrons. The molecule has 0 aliphatic carbocycles. The van der Waals surface area contributed by atoms with Crippen molar-refractivity contribution in [2.75, 3.05) is 23.3 Å². The van der Waals surface area contributed by atoms with Gasteiger partial charge in [0.1, 0.15) is 6.33 Å². The Morgan fingerprint density at radius 1 is 1.56 bits per heavy atom. The molecular weight excluding hydrogens is 273 g/mol. The van der Waals surface area contributed by atoms with E-state index in [0.29, 0.717) is 23.9 Å². The highest BCUT2D eigenvalue weighted by Gasteiger charge is 2.25. The smallest absolute Gasteiger partial charge is 0.187 e. The van der Waals surface area contributed by atoms with Gasteiger partial charge in [-0.25, -0.2) is 14.4 Å². The van der Waals surface area contributed by atoms with Crippen LogP contribution in [0, 0.1) is 11.7 Å². The Morgan fingerprint density at radius 2 is 2.38 bits per heavy atom. The normalized spacial score (nSPS) is 20.4. The number of rotatable bonds is 3. The molecule has 1 saturated heterocycles. The molecule has 1 aromatic heterocycles. The maximum atomic E-state index is 14.0. The van der Waals surface area contributed by atoms with Crippen LogP contribution in [0.25, 0.3) is 0 Å². The molecule has 0 N–H and O–H groups in total. The molecule has 1 unspecified atom stereocenters. The summed E-state index contributed by atoms with van der Waals surface area (Å²) < 4.78 is 14.0. The Kier molecular flexibility index (Phi) is 3.74. The molecule has 2 rings (SSSR count). The zero-order chi connectivity index (χ0) is 11.5. The van der Waals surface area contributed by atoms with Crippen molar-refractivity contribution in [3.63, 3.8) is 0 Å². The van der Waals surface area contributed by atoms with Crippen LogP contribution in [0.2, 0.25) is 0 Å². The highest BCUT2D eigenvalue weighted by Crippen LogP contribution is 2.26. The van der Waals surface area contributed by atoms with Gasteiger partial charge in [0.15, 0.2) is 11.6 Å². The lowest BCUT2D eigenvalue weighted by molar-refractivity contribution is 0.587. The zero-order valence-electron chi connectivity index (χ0n) is 9.29. The Bertz CT molecular complexity index is 372. The van der Waals surface area contributed by atoms with E-state index < -0.39 is 0 Å². The second-order valence-corrected chi connectivity index (χ2v) is 4.71. The SMILES string of the molecule is CCc1ncnc(N2CCC(CBr)C2)c1F. The van der Waals surface area contributed by atoms with Gasteiger partial charge in [0.2, 0.25) is 0 Å². The van der Waals surface area contributed by atoms with E-state index in [-0.39, 0.29) is 5.82 Å². The van der Waals surface area contributed by atoms with E-state index >= 15 is 0 Å². The molecule has 1 aliphatic heterocycles. The number of hydrogen-bond donors (Lipinski definition) is 0. The van der Waals surface area contributed by atoms with Crippen molar-refractivity contribution in [2.24, 2.45) is 5.92 Å². The van der Waals surface area contributed by atoms with Gasteiger partial charge in [0.25, 0.3) is 0 Å². The summed E-state index contributed by atoms with van der Waals surface area (Å²) in [6.45, 7) is 3.66. The summed E-state index contributed by atoms with van der Waals surface area (Å²) in [6.07, 6.45) is 3.16. The molecule has 16 heavy (non-hydrogen) atoms. The van der Waals surface area contributed by atoms with Crippen LogP contribution >= 0.6 is 15.9 Å². The van der Waals surface area contributed by atoms with Gasteiger partial charge in [-0.2, -0.15) is 0 Å². The van der Waals surface area contributed by atoms with Gasteiger partial charge >= 0.3 is 0 Å². The van der Waals surface area contributed by atoms with Crippen LogP contribution in [0.3, 0.4) is 0 Å². The van der Waals surface area contributed by atoms with Gasteiger partial charge in [0, 0.05) is 18.4 Å². The van der Waals surface area contributed by atoms with Crippen LogP contribution in [0.4, 0.5) is 10.2 Å². The first kappa shape index (κ1) is 11.8. The minimum Gasteiger partial charge on any atom is -0.354 e. The van der Waals surface area contributed by atoms with Crippen molar-refractivity contribution in [2.45, 2.75) is 19.8 Å². The summed E-state index contributed by atoms with van der Waals surface area (Å²) in [6, 6.07) is 0. The topological polar surface area (TPSA) is 29.0 Å². The number of nitrogens with zero attached hydrogens (tertiary/aromatic N) is 3. The second-order valence-electron chi connectivity index (χ2n) is 4.07. The first-order valence-corrected chi connectivity index (χ1v) is 6.68. The van der Waals surface area contributed by atoms with Gasteiger partial charge in [-0.15, -0.1) is 0 Å². The molecule has 1 atom stereocenters. The van der Waals surface area contributed by atoms with Crippen molar-refractivity contribution >= 4 is 21.7 Å². The lowest BCUT2D eigenvalue weighted by Gasteiger charge is -2.18. The summed E-state index contributed by atoms with van der Waals surface area (Å²) in [5.74, 6) is 0.815. The maximum Gasteiger partial charge on any atom is 0.187 e. The third kappa shape index (κ3) is 2.19. The molecule has 0 aromatic carbocycles. The average Bonchev–Trinajstić information content (AvgIpc) is 2.78. The number of anilines is 1. The summed E-state index contributed by atoms with van der Waals surface area (Å²) in [5, 5.41) is 0.969. The Hall–Kier alpha value is -0.710. The fraction of sp³-hybridized carbons (Fsp3) is 0.636. The standard InChI is InChI=1S/C11H15BrFN3/c1-2-9-10(13)11(15-7-14-9)16-4-3-8(5-12)6-16/h7-8H,2-6H2,1H3. The van der Waals surface area contributed by atoms with Crippen molar-refractivity contribution in [3.8, 4) is 0 Å². The number of hydrogen-bond acceptors (Lipinski definition) is 3. The summed E-state index contributed by atoms with van der Waals surface area (Å²) in [4.78, 5) is 10.0. The maximum absolute atomic E-state index is 14.0. The molecular formula is C11H15BrFN3. The molecule has 0 saturated carbocycles. The van der Waals surface area contributed by atoms with Crippen molar-refractivity contribution in [1.82, 2.24) is 9.97 Å². The largest absolute Gasteiger partial charge is 0.354 e. The number of aryl methyl sites for hydroxylation is 1. The average molecular weight is 288 g/mol. The molecule has 0 amide bonds. The van der Waals surface area contributed by atoms with Gasteiger partial charge in [-0.3, -0.25) is 0 Å². The van der Waals surface area contributed by atoms with Gasteiger partial charge < -0.3 is 4.90 Å². The molecule has 1 aromatic rings. The molecule has 3 nitrogen and oxygen atoms in total. The Balaban J connectivity index is 2.21. The monoisotopic (exact) mass is 287 g/mol. The Morgan fingerprint density at radius 3 is 3.00 bits per heavy atom. The van der Waals surface area contributed by atoms with Crippen molar-refractivity contribution in [1.29, 1.82) is 0 Å². The molecule has 5 heteroatoms. The Labute approximate surface area is 103 Å². The van der Waals surface area contributed by atoms with E-state index in [1.54, 1.807) is 0 Å². The lowest BCUT2D eigenvalue weighted by Crippen LogP contribution is -2.23. The predicted octanol–water partition coefficient (Wildman–Crippen LogP) is 2.40. The summed E-state index contributed by atoms with van der Waals surface area (Å²) >= 11 is 3.47. The number of halogens is 2. The van der Waals surface area contributed by atoms with Gasteiger partial charge in [-0.05, 0) is 18.8 Å². The van der Waals surface area contributed by atoms with E-state index in [0.717, 1.165) is 24.8 Å². The van der Waals surface area contributed by atoms with E-state index in [2.05, 4.69) is 25.9 Å². The molecule has 1 aliphatic rings. The fourth-order valence-corrected chi connectivity index (χ4v) is 2.54. The van der Waals surface area contributed by atoms with Crippen molar-refractivity contribution < 1.29 is 4.39 Å². The minimum atomic E-state index is -0.250. The molecule has 0 spiro atoms. The van der Waals surface area contributed by atoms with Gasteiger partial charge in [-0.1, -0.05) is 22.9 Å². The zero-order valence-corrected chi connectivity index (χ0v) is 10.9. The summed E-state index contributed by atoms with van der Waals surface area (Å²) in [7, 11) is 0. The molecule has 1 fully saturated rings. The van der Waals surface area contributed by atoms with E-state index in [1.807, 2.05) is 11.8 Å². The lowest BCUT2D eigenvalue weighted by atomic mass is 10.2. The molecule has 2 heterocycles. The van der Waals surface area contributed by atoms with Crippen LogP contribution in [0.5, 0.6) is 0 Å². The predicted molar refractivity (Wildman–Crippen MR) is 65.5 cm³/mol. The van der Waals surface area contributed by atoms with Gasteiger partial charge in [0.05, 0.1) is 5.69 Å². The number of aromatic nitrogens is 2. The number of alkyl halides is 1. The van der Waals surface area contributed by atoms with E-state index in [1.165, 1.54) is 6.33 Å². The van der Waals surface area contributed by atoms with E-state index in [4.69, 9.17) is 0 Å². The van der Waals surface area contributed by atoms with Crippen LogP contribution < -0.4 is 4.90 Å². The quantitative estimate of drug-likeness (QED) is 0.800. The van der Waals surface area contributed by atoms with Crippen LogP contribution in [-0.2, 0) is 6.42 Å². The fourth-order valence-electron chi connectivity index (χ4n) is 2.01. The van der Waals surface area contributed by atoms with Crippen LogP contribution in [-0.4, -0.2) is 28.4 Å². The first-order valence-electron chi connectivity index (χ1n) is 5.56. The minimum absolute atomic E-state index is 0.250. The molecule has 88 valence electrons. The van der Waals surface area contributed by atoms with Crippen LogP contribution in [0.1, 0.15) is 19.0 Å². The highest BCUT2D eigenvalue weighted by atomic mass is 79.9. The highest BCUT2D eigenvalue weighted by molar-refractivity contribution is 9.09. The molecule has 0 bridgehead atoms. The third-order valence-corrected chi connectivity index (χ3v) is 3.90.